The van der Waals surface area contributed by atoms with Gasteiger partial charge in [0.05, 0.1) is 40.2 Å². The third-order valence-corrected chi connectivity index (χ3v) is 16.7. The van der Waals surface area contributed by atoms with Crippen LogP contribution < -0.4 is 25.6 Å². The van der Waals surface area contributed by atoms with Gasteiger partial charge in [0.25, 0.3) is 0 Å². The number of nitrogens with one attached hydrogen (secondary N) is 3. The molecule has 6 aromatic rings. The number of aryl methyl sites for hydroxylation is 2. The van der Waals surface area contributed by atoms with Crippen molar-refractivity contribution < 1.29 is 38.5 Å². The Hall–Kier alpha value is -6.38. The smallest absolute Gasteiger partial charge is 0.319 e. The van der Waals surface area contributed by atoms with Gasteiger partial charge >= 0.3 is 6.01 Å². The first kappa shape index (κ1) is 56.3. The summed E-state index contributed by atoms with van der Waals surface area (Å²) in [6.07, 6.45) is 7.06. The number of benzene rings is 3. The zero-order valence-corrected chi connectivity index (χ0v) is 46.7. The quantitative estimate of drug-likeness (QED) is 0.0554. The summed E-state index contributed by atoms with van der Waals surface area (Å²) in [7, 11) is 0. The summed E-state index contributed by atoms with van der Waals surface area (Å²) in [4.78, 5) is 62.6. The number of carbonyl (C=O) groups excluding carboxylic acids is 3. The predicted octanol–water partition coefficient (Wildman–Crippen LogP) is 7.74. The lowest BCUT2D eigenvalue weighted by molar-refractivity contribution is -0.141. The molecule has 78 heavy (non-hydrogen) atoms. The Morgan fingerprint density at radius 3 is 2.41 bits per heavy atom. The largest absolute Gasteiger partial charge is 0.508 e. The molecule has 416 valence electrons. The van der Waals surface area contributed by atoms with E-state index in [1.807, 2.05) is 77.4 Å². The number of anilines is 1. The number of β-amino-alcohol motifs (C(OH)–C–C–N with tert-alkyl or cyclic N) is 1. The summed E-state index contributed by atoms with van der Waals surface area (Å²) in [5.41, 5.74) is 6.48. The molecule has 0 saturated carbocycles. The molecule has 10 rings (SSSR count). The number of rotatable bonds is 17. The molecule has 2 bridgehead atoms. The van der Waals surface area contributed by atoms with E-state index in [4.69, 9.17) is 14.5 Å². The van der Waals surface area contributed by atoms with Gasteiger partial charge in [-0.3, -0.25) is 24.3 Å². The molecule has 0 radical (unpaired) electrons. The van der Waals surface area contributed by atoms with E-state index < -0.39 is 23.4 Å². The minimum absolute atomic E-state index is 0.0365. The molecular formula is C59H75FN10O7S. The van der Waals surface area contributed by atoms with Gasteiger partial charge in [0.1, 0.15) is 42.0 Å². The van der Waals surface area contributed by atoms with E-state index in [0.717, 1.165) is 92.3 Å². The van der Waals surface area contributed by atoms with Gasteiger partial charge in [0.15, 0.2) is 5.82 Å². The number of aromatic hydroxyl groups is 1. The number of fused-ring (bicyclic) bond motifs is 4. The number of phenols is 1. The van der Waals surface area contributed by atoms with Crippen LogP contribution in [0.5, 0.6) is 11.8 Å². The Balaban J connectivity index is 0.000000369. The van der Waals surface area contributed by atoms with Crippen molar-refractivity contribution in [1.82, 2.24) is 45.7 Å². The number of ether oxygens (including phenoxy) is 2. The first-order valence-corrected chi connectivity index (χ1v) is 28.4. The maximum absolute atomic E-state index is 17.0. The predicted molar refractivity (Wildman–Crippen MR) is 302 cm³/mol. The van der Waals surface area contributed by atoms with E-state index in [9.17, 15) is 24.6 Å². The van der Waals surface area contributed by atoms with E-state index in [-0.39, 0.29) is 60.0 Å². The lowest BCUT2D eigenvalue weighted by Gasteiger charge is -2.35. The van der Waals surface area contributed by atoms with Crippen molar-refractivity contribution in [3.63, 3.8) is 0 Å². The number of nitrogens with zero attached hydrogens (tertiary/aromatic N) is 7. The molecule has 4 aliphatic heterocycles. The first-order valence-electron chi connectivity index (χ1n) is 27.5. The van der Waals surface area contributed by atoms with E-state index in [2.05, 4.69) is 59.8 Å². The molecule has 19 heteroatoms. The number of halogens is 1. The summed E-state index contributed by atoms with van der Waals surface area (Å²) >= 11 is 1.64. The monoisotopic (exact) mass is 1090 g/mol. The van der Waals surface area contributed by atoms with Gasteiger partial charge in [0.2, 0.25) is 18.2 Å². The molecule has 6 unspecified atom stereocenters. The number of pyridine rings is 1. The summed E-state index contributed by atoms with van der Waals surface area (Å²) < 4.78 is 29.1. The van der Waals surface area contributed by atoms with Crippen molar-refractivity contribution in [2.45, 2.75) is 123 Å². The highest BCUT2D eigenvalue weighted by atomic mass is 32.1. The van der Waals surface area contributed by atoms with Crippen molar-refractivity contribution in [2.24, 2.45) is 11.3 Å². The summed E-state index contributed by atoms with van der Waals surface area (Å²) in [6.45, 7) is 18.4. The lowest BCUT2D eigenvalue weighted by atomic mass is 9.85. The summed E-state index contributed by atoms with van der Waals surface area (Å²) in [5.74, 6) is -0.145. The summed E-state index contributed by atoms with van der Waals surface area (Å²) in [5, 5.41) is 32.3. The highest BCUT2D eigenvalue weighted by molar-refractivity contribution is 7.13. The second-order valence-electron chi connectivity index (χ2n) is 22.6. The van der Waals surface area contributed by atoms with Crippen LogP contribution in [0.1, 0.15) is 96.5 Å². The van der Waals surface area contributed by atoms with Gasteiger partial charge in [-0.05, 0) is 123 Å². The molecule has 17 nitrogen and oxygen atoms in total. The van der Waals surface area contributed by atoms with Gasteiger partial charge in [-0.1, -0.05) is 70.2 Å². The SMILES string of the molecule is CCc1cccc2cc(O)cc(-c3ncc4c(N5CC6CCC(C5)N6)nc(OCCN5CCC(COCC(=O)NC(C(=O)N6CC(O)CC6C)C(C)(C)C)CC5)nc4c3F)c12.Cc1ncsc1-c1ccc(C(C)NC=O)cc1. The number of amides is 3. The number of aliphatic hydroxyl groups is 1. The van der Waals surface area contributed by atoms with Gasteiger partial charge in [-0.15, -0.1) is 11.3 Å². The van der Waals surface area contributed by atoms with E-state index >= 15 is 4.39 Å². The zero-order valence-electron chi connectivity index (χ0n) is 45.9. The van der Waals surface area contributed by atoms with E-state index in [1.54, 1.807) is 34.6 Å². The second-order valence-corrected chi connectivity index (χ2v) is 23.4. The molecule has 0 spiro atoms. The van der Waals surface area contributed by atoms with Crippen LogP contribution in [-0.4, -0.2) is 148 Å². The highest BCUT2D eigenvalue weighted by Gasteiger charge is 2.41. The minimum atomic E-state index is -0.724. The first-order chi connectivity index (χ1) is 37.5. The Bertz CT molecular complexity index is 3060. The number of piperidine rings is 1. The minimum Gasteiger partial charge on any atom is -0.508 e. The average molecular weight is 1090 g/mol. The van der Waals surface area contributed by atoms with Crippen LogP contribution in [0.4, 0.5) is 10.2 Å². The molecule has 6 atom stereocenters. The van der Waals surface area contributed by atoms with Crippen molar-refractivity contribution in [1.29, 1.82) is 0 Å². The number of thiazole rings is 1. The fraction of sp³-hybridized carbons (Fsp3) is 0.508. The molecule has 5 N–H and O–H groups in total. The van der Waals surface area contributed by atoms with Gasteiger partial charge in [0, 0.05) is 56.1 Å². The fourth-order valence-electron chi connectivity index (χ4n) is 11.4. The molecule has 0 aliphatic carbocycles. The van der Waals surface area contributed by atoms with Crippen LogP contribution in [0.15, 0.2) is 66.3 Å². The van der Waals surface area contributed by atoms with E-state index in [1.165, 1.54) is 10.4 Å². The number of aromatic nitrogens is 4. The Morgan fingerprint density at radius 2 is 1.76 bits per heavy atom. The van der Waals surface area contributed by atoms with E-state index in [0.29, 0.717) is 60.9 Å². The Morgan fingerprint density at radius 1 is 1.01 bits per heavy atom. The highest BCUT2D eigenvalue weighted by Crippen LogP contribution is 2.39. The number of piperazine rings is 1. The normalized spacial score (nSPS) is 20.6. The van der Waals surface area contributed by atoms with Crippen LogP contribution in [0.25, 0.3) is 43.4 Å². The van der Waals surface area contributed by atoms with Crippen LogP contribution in [-0.2, 0) is 25.5 Å². The number of aliphatic hydroxyl groups excluding tert-OH is 1. The molecule has 7 heterocycles. The van der Waals surface area contributed by atoms with Crippen molar-refractivity contribution >= 4 is 57.1 Å². The third-order valence-electron chi connectivity index (χ3n) is 15.8. The van der Waals surface area contributed by atoms with Crippen LogP contribution >= 0.6 is 11.3 Å². The fourth-order valence-corrected chi connectivity index (χ4v) is 12.3. The molecule has 3 aromatic heterocycles. The number of likely N-dealkylation sites (tertiary alicyclic amines) is 2. The van der Waals surface area contributed by atoms with Gasteiger partial charge in [-0.25, -0.2) is 9.37 Å². The average Bonchev–Trinajstić information content (AvgIpc) is 4.14. The molecule has 3 amide bonds. The van der Waals surface area contributed by atoms with Crippen LogP contribution in [0.3, 0.4) is 0 Å². The summed E-state index contributed by atoms with van der Waals surface area (Å²) in [6, 6.07) is 17.4. The van der Waals surface area contributed by atoms with Gasteiger partial charge < -0.3 is 45.4 Å². The lowest BCUT2D eigenvalue weighted by Crippen LogP contribution is -2.56. The molecule has 4 fully saturated rings. The standard InChI is InChI=1S/C46H61FN8O6.C13H14N2OS/c1-6-29-8-7-9-30-19-33(56)20-35(38(29)30)40-39(47)41-36(21-48-40)43(54-22-31-10-11-32(23-54)49-31)52-45(51-41)61-17-16-53-14-12-28(13-15-53)25-60-26-37(58)50-42(46(3,4)5)44(59)55-24-34(57)18-27(55)2;1-9(14-7-16)11-3-5-12(6-4-11)13-10(2)15-8-17-13/h7-9,19-21,27-28,31-32,34,42,49,56-57H,6,10-18,22-26H2,1-5H3,(H,50,58);3-9H,1-2H3,(H,14,16). The van der Waals surface area contributed by atoms with Crippen LogP contribution in [0.2, 0.25) is 0 Å². The van der Waals surface area contributed by atoms with Crippen LogP contribution in [0, 0.1) is 24.1 Å². The number of phenolic OH excluding ortho intramolecular Hbond substituents is 1. The number of hydrogen-bond acceptors (Lipinski definition) is 15. The van der Waals surface area contributed by atoms with Gasteiger partial charge in [-0.2, -0.15) is 9.97 Å². The van der Waals surface area contributed by atoms with Crippen molar-refractivity contribution in [2.75, 3.05) is 64.0 Å². The maximum atomic E-state index is 17.0. The molecule has 4 aliphatic rings. The topological polar surface area (TPSA) is 207 Å². The second kappa shape index (κ2) is 24.7. The molecule has 4 saturated heterocycles. The Labute approximate surface area is 460 Å². The number of hydrogen-bond donors (Lipinski definition) is 5. The maximum Gasteiger partial charge on any atom is 0.319 e. The van der Waals surface area contributed by atoms with Crippen molar-refractivity contribution in [3.05, 3.63) is 88.9 Å². The Kier molecular flexibility index (Phi) is 17.9. The molecular weight excluding hydrogens is 1010 g/mol. The number of carbonyl (C=O) groups is 3. The zero-order chi connectivity index (χ0) is 55.3. The third kappa shape index (κ3) is 13.0. The van der Waals surface area contributed by atoms with Crippen molar-refractivity contribution in [3.8, 4) is 33.5 Å². The molecule has 3 aromatic carbocycles.